The van der Waals surface area contributed by atoms with Crippen molar-refractivity contribution in [3.63, 3.8) is 0 Å². The highest BCUT2D eigenvalue weighted by molar-refractivity contribution is 8.00. The zero-order valence-electron chi connectivity index (χ0n) is 11.9. The number of hydrogen-bond donors (Lipinski definition) is 3. The minimum Gasteiger partial charge on any atom is -0.399 e. The number of thioether (sulfide) groups is 1. The van der Waals surface area contributed by atoms with Crippen molar-refractivity contribution in [3.8, 4) is 0 Å². The van der Waals surface area contributed by atoms with Gasteiger partial charge in [0.15, 0.2) is 0 Å². The first-order chi connectivity index (χ1) is 10.1. The Bertz CT molecular complexity index is 484. The van der Waals surface area contributed by atoms with Crippen LogP contribution < -0.4 is 16.4 Å². The van der Waals surface area contributed by atoms with Crippen LogP contribution in [0.25, 0.3) is 0 Å². The summed E-state index contributed by atoms with van der Waals surface area (Å²) >= 11 is 1.38. The molecular formula is C15H21N3O2S. The summed E-state index contributed by atoms with van der Waals surface area (Å²) in [5.74, 6) is -0.0766. The van der Waals surface area contributed by atoms with Crippen LogP contribution in [-0.2, 0) is 4.79 Å². The van der Waals surface area contributed by atoms with E-state index in [1.807, 2.05) is 12.1 Å². The largest absolute Gasteiger partial charge is 0.399 e. The number of carbonyl (C=O) groups excluding carboxylic acids is 2. The molecule has 0 heterocycles. The molecule has 0 unspecified atom stereocenters. The van der Waals surface area contributed by atoms with Crippen LogP contribution in [0.4, 0.5) is 10.5 Å². The fourth-order valence-corrected chi connectivity index (χ4v) is 3.04. The Morgan fingerprint density at radius 3 is 2.48 bits per heavy atom. The Labute approximate surface area is 129 Å². The van der Waals surface area contributed by atoms with Crippen LogP contribution in [0, 0.1) is 0 Å². The van der Waals surface area contributed by atoms with Gasteiger partial charge in [-0.1, -0.05) is 19.3 Å². The van der Waals surface area contributed by atoms with E-state index in [1.54, 1.807) is 12.1 Å². The van der Waals surface area contributed by atoms with Gasteiger partial charge in [-0.2, -0.15) is 0 Å². The number of anilines is 1. The maximum absolute atomic E-state index is 11.7. The number of rotatable bonds is 4. The standard InChI is InChI=1S/C15H21N3O2S/c16-11-6-8-13(9-7-11)21-10-14(19)18-15(20)17-12-4-2-1-3-5-12/h6-9,12H,1-5,10,16H2,(H2,17,18,19,20). The number of carbonyl (C=O) groups is 2. The lowest BCUT2D eigenvalue weighted by atomic mass is 9.96. The quantitative estimate of drug-likeness (QED) is 0.589. The molecule has 0 aromatic heterocycles. The third-order valence-electron chi connectivity index (χ3n) is 3.44. The molecule has 1 saturated carbocycles. The number of imide groups is 1. The van der Waals surface area contributed by atoms with Gasteiger partial charge in [-0.05, 0) is 37.1 Å². The number of nitrogens with two attached hydrogens (primary N) is 1. The monoisotopic (exact) mass is 307 g/mol. The maximum atomic E-state index is 11.7. The predicted octanol–water partition coefficient (Wildman–Crippen LogP) is 2.52. The summed E-state index contributed by atoms with van der Waals surface area (Å²) in [6, 6.07) is 7.11. The van der Waals surface area contributed by atoms with E-state index < -0.39 is 0 Å². The average Bonchev–Trinajstić information content (AvgIpc) is 2.47. The Balaban J connectivity index is 1.68. The van der Waals surface area contributed by atoms with E-state index in [0.29, 0.717) is 5.69 Å². The van der Waals surface area contributed by atoms with Crippen molar-refractivity contribution in [1.29, 1.82) is 0 Å². The molecule has 114 valence electrons. The summed E-state index contributed by atoms with van der Waals surface area (Å²) in [7, 11) is 0. The molecule has 1 fully saturated rings. The molecule has 0 radical (unpaired) electrons. The molecule has 0 atom stereocenters. The van der Waals surface area contributed by atoms with Crippen LogP contribution in [0.3, 0.4) is 0 Å². The lowest BCUT2D eigenvalue weighted by Crippen LogP contribution is -2.45. The molecule has 6 heteroatoms. The molecule has 4 N–H and O–H groups in total. The smallest absolute Gasteiger partial charge is 0.321 e. The summed E-state index contributed by atoms with van der Waals surface area (Å²) in [5, 5.41) is 5.23. The van der Waals surface area contributed by atoms with Gasteiger partial charge in [0.1, 0.15) is 0 Å². The second-order valence-electron chi connectivity index (χ2n) is 5.21. The first-order valence-electron chi connectivity index (χ1n) is 7.22. The third-order valence-corrected chi connectivity index (χ3v) is 4.46. The highest BCUT2D eigenvalue weighted by Crippen LogP contribution is 2.19. The van der Waals surface area contributed by atoms with E-state index in [-0.39, 0.29) is 23.7 Å². The molecular weight excluding hydrogens is 286 g/mol. The van der Waals surface area contributed by atoms with E-state index in [4.69, 9.17) is 5.73 Å². The van der Waals surface area contributed by atoms with E-state index in [1.165, 1.54) is 18.2 Å². The van der Waals surface area contributed by atoms with E-state index in [2.05, 4.69) is 10.6 Å². The second kappa shape index (κ2) is 7.93. The minimum absolute atomic E-state index is 0.205. The van der Waals surface area contributed by atoms with Gasteiger partial charge in [0.05, 0.1) is 5.75 Å². The van der Waals surface area contributed by atoms with Gasteiger partial charge >= 0.3 is 6.03 Å². The highest BCUT2D eigenvalue weighted by atomic mass is 32.2. The molecule has 2 rings (SSSR count). The van der Waals surface area contributed by atoms with Crippen molar-refractivity contribution in [2.75, 3.05) is 11.5 Å². The fraction of sp³-hybridized carbons (Fsp3) is 0.467. The minimum atomic E-state index is -0.384. The maximum Gasteiger partial charge on any atom is 0.321 e. The first-order valence-corrected chi connectivity index (χ1v) is 8.21. The second-order valence-corrected chi connectivity index (χ2v) is 6.26. The molecule has 0 bridgehead atoms. The third kappa shape index (κ3) is 5.67. The van der Waals surface area contributed by atoms with Crippen LogP contribution in [0.15, 0.2) is 29.2 Å². The van der Waals surface area contributed by atoms with Crippen molar-refractivity contribution in [2.45, 2.75) is 43.0 Å². The van der Waals surface area contributed by atoms with E-state index in [0.717, 1.165) is 30.6 Å². The normalized spacial score (nSPS) is 15.4. The number of hydrogen-bond acceptors (Lipinski definition) is 4. The van der Waals surface area contributed by atoms with Crippen LogP contribution in [-0.4, -0.2) is 23.7 Å². The van der Waals surface area contributed by atoms with Gasteiger partial charge in [-0.15, -0.1) is 11.8 Å². The van der Waals surface area contributed by atoms with Crippen molar-refractivity contribution in [1.82, 2.24) is 10.6 Å². The molecule has 0 spiro atoms. The molecule has 1 aliphatic rings. The number of urea groups is 1. The summed E-state index contributed by atoms with van der Waals surface area (Å²) in [6.45, 7) is 0. The Hall–Kier alpha value is -1.69. The number of benzene rings is 1. The molecule has 1 aromatic carbocycles. The van der Waals surface area contributed by atoms with Crippen molar-refractivity contribution in [2.24, 2.45) is 0 Å². The molecule has 1 aliphatic carbocycles. The molecule has 21 heavy (non-hydrogen) atoms. The summed E-state index contributed by atoms with van der Waals surface area (Å²) in [4.78, 5) is 24.4. The van der Waals surface area contributed by atoms with Gasteiger partial charge in [0.2, 0.25) is 5.91 Å². The molecule has 0 saturated heterocycles. The van der Waals surface area contributed by atoms with Gasteiger partial charge in [0.25, 0.3) is 0 Å². The summed E-state index contributed by atoms with van der Waals surface area (Å²) in [6.07, 6.45) is 5.53. The first kappa shape index (κ1) is 15.7. The van der Waals surface area contributed by atoms with Gasteiger partial charge in [-0.3, -0.25) is 10.1 Å². The van der Waals surface area contributed by atoms with Gasteiger partial charge < -0.3 is 11.1 Å². The molecule has 5 nitrogen and oxygen atoms in total. The molecule has 1 aromatic rings. The van der Waals surface area contributed by atoms with Crippen molar-refractivity contribution < 1.29 is 9.59 Å². The van der Waals surface area contributed by atoms with Crippen molar-refractivity contribution >= 4 is 29.4 Å². The average molecular weight is 307 g/mol. The summed E-state index contributed by atoms with van der Waals surface area (Å²) < 4.78 is 0. The highest BCUT2D eigenvalue weighted by Gasteiger charge is 2.16. The van der Waals surface area contributed by atoms with Gasteiger partial charge in [0, 0.05) is 16.6 Å². The number of nitrogens with one attached hydrogen (secondary N) is 2. The van der Waals surface area contributed by atoms with Crippen LogP contribution >= 0.6 is 11.8 Å². The van der Waals surface area contributed by atoms with Crippen LogP contribution in [0.5, 0.6) is 0 Å². The number of amides is 3. The van der Waals surface area contributed by atoms with Gasteiger partial charge in [-0.25, -0.2) is 4.79 Å². The lowest BCUT2D eigenvalue weighted by molar-refractivity contribution is -0.117. The Kier molecular flexibility index (Phi) is 5.92. The van der Waals surface area contributed by atoms with Crippen LogP contribution in [0.1, 0.15) is 32.1 Å². The van der Waals surface area contributed by atoms with E-state index in [9.17, 15) is 9.59 Å². The fourth-order valence-electron chi connectivity index (χ4n) is 2.34. The topological polar surface area (TPSA) is 84.2 Å². The molecule has 0 aliphatic heterocycles. The summed E-state index contributed by atoms with van der Waals surface area (Å²) in [5.41, 5.74) is 6.29. The zero-order chi connectivity index (χ0) is 15.1. The number of nitrogen functional groups attached to an aromatic ring is 1. The lowest BCUT2D eigenvalue weighted by Gasteiger charge is -2.22. The van der Waals surface area contributed by atoms with Crippen molar-refractivity contribution in [3.05, 3.63) is 24.3 Å². The Morgan fingerprint density at radius 2 is 1.81 bits per heavy atom. The van der Waals surface area contributed by atoms with Crippen LogP contribution in [0.2, 0.25) is 0 Å². The zero-order valence-corrected chi connectivity index (χ0v) is 12.7. The Morgan fingerprint density at radius 1 is 1.14 bits per heavy atom. The SMILES string of the molecule is Nc1ccc(SCC(=O)NC(=O)NC2CCCCC2)cc1. The molecule has 3 amide bonds. The predicted molar refractivity (Wildman–Crippen MR) is 85.1 cm³/mol. The van der Waals surface area contributed by atoms with E-state index >= 15 is 0 Å².